The predicted octanol–water partition coefficient (Wildman–Crippen LogP) is 13.1. The smallest absolute Gasteiger partial charge is 0.164 e. The molecule has 8 aromatic carbocycles. The number of hydrogen-bond acceptors (Lipinski definition) is 3. The maximum Gasteiger partial charge on any atom is 0.164 e. The summed E-state index contributed by atoms with van der Waals surface area (Å²) in [5, 5.41) is 0. The summed E-state index contributed by atoms with van der Waals surface area (Å²) in [4.78, 5) is 15.0. The Morgan fingerprint density at radius 1 is 0.236 bits per heavy atom. The number of rotatable bonds is 7. The minimum atomic E-state index is 0.642. The molecule has 55 heavy (non-hydrogen) atoms. The van der Waals surface area contributed by atoms with E-state index in [1.165, 1.54) is 50.1 Å². The molecule has 0 saturated carbocycles. The van der Waals surface area contributed by atoms with Gasteiger partial charge in [-0.05, 0) is 85.3 Å². The summed E-state index contributed by atoms with van der Waals surface area (Å²) in [5.74, 6) is 1.94. The minimum absolute atomic E-state index is 0.642. The van der Waals surface area contributed by atoms with Crippen molar-refractivity contribution in [2.75, 3.05) is 0 Å². The van der Waals surface area contributed by atoms with Gasteiger partial charge >= 0.3 is 0 Å². The van der Waals surface area contributed by atoms with Crippen molar-refractivity contribution in [2.24, 2.45) is 0 Å². The molecule has 3 heteroatoms. The van der Waals surface area contributed by atoms with Crippen molar-refractivity contribution >= 4 is 0 Å². The van der Waals surface area contributed by atoms with Gasteiger partial charge in [-0.3, -0.25) is 0 Å². The van der Waals surface area contributed by atoms with Gasteiger partial charge in [0.2, 0.25) is 0 Å². The van der Waals surface area contributed by atoms with Gasteiger partial charge in [0.05, 0.1) is 0 Å². The van der Waals surface area contributed by atoms with Crippen molar-refractivity contribution in [3.05, 3.63) is 211 Å². The topological polar surface area (TPSA) is 38.7 Å². The van der Waals surface area contributed by atoms with Crippen LogP contribution in [-0.4, -0.2) is 15.0 Å². The Bertz CT molecular complexity index is 2810. The SMILES string of the molecule is c1ccc(-c2cccc(-c3nc(-c4ccccc4)nc(-c4ccc(-c5cccc(-c6cccc7c6Cc6c(-c8ccccc8)cccc6-7)c5)cc4)n3)c2)cc1. The van der Waals surface area contributed by atoms with Gasteiger partial charge in [0.15, 0.2) is 17.5 Å². The standard InChI is InChI=1S/C52H35N3/c1-4-14-35(15-5-1)41-21-11-23-43(33-41)52-54-50(38-18-8-3-9-19-38)53-51(55-52)39-30-28-36(29-31-39)40-20-10-22-42(32-40)45-25-13-27-47-46-26-12-24-44(48(46)34-49(45)47)37-16-6-2-7-17-37/h1-33H,34H2. The van der Waals surface area contributed by atoms with E-state index in [-0.39, 0.29) is 0 Å². The maximum atomic E-state index is 5.04. The van der Waals surface area contributed by atoms with Crippen LogP contribution in [0.3, 0.4) is 0 Å². The molecule has 0 spiro atoms. The molecule has 1 heterocycles. The summed E-state index contributed by atoms with van der Waals surface area (Å²) in [5.41, 5.74) is 18.0. The molecule has 0 fully saturated rings. The molecule has 9 aromatic rings. The summed E-state index contributed by atoms with van der Waals surface area (Å²) in [6.45, 7) is 0. The van der Waals surface area contributed by atoms with Crippen molar-refractivity contribution in [1.29, 1.82) is 0 Å². The third kappa shape index (κ3) is 6.22. The van der Waals surface area contributed by atoms with E-state index in [1.807, 2.05) is 36.4 Å². The van der Waals surface area contributed by atoms with Gasteiger partial charge < -0.3 is 0 Å². The molecule has 0 radical (unpaired) electrons. The van der Waals surface area contributed by atoms with Gasteiger partial charge in [0.25, 0.3) is 0 Å². The van der Waals surface area contributed by atoms with Gasteiger partial charge in [0, 0.05) is 16.7 Å². The van der Waals surface area contributed by atoms with Crippen LogP contribution in [0.5, 0.6) is 0 Å². The van der Waals surface area contributed by atoms with Crippen LogP contribution in [-0.2, 0) is 6.42 Å². The zero-order valence-electron chi connectivity index (χ0n) is 30.1. The highest BCUT2D eigenvalue weighted by molar-refractivity contribution is 5.90. The first kappa shape index (κ1) is 32.4. The van der Waals surface area contributed by atoms with Crippen molar-refractivity contribution in [3.63, 3.8) is 0 Å². The predicted molar refractivity (Wildman–Crippen MR) is 226 cm³/mol. The molecule has 0 bridgehead atoms. The Labute approximate surface area is 321 Å². The first-order valence-corrected chi connectivity index (χ1v) is 18.7. The summed E-state index contributed by atoms with van der Waals surface area (Å²) in [6, 6.07) is 70.7. The summed E-state index contributed by atoms with van der Waals surface area (Å²) < 4.78 is 0. The summed E-state index contributed by atoms with van der Waals surface area (Å²) in [6.07, 6.45) is 0.917. The first-order valence-electron chi connectivity index (χ1n) is 18.7. The van der Waals surface area contributed by atoms with Crippen LogP contribution < -0.4 is 0 Å². The number of hydrogen-bond donors (Lipinski definition) is 0. The Kier molecular flexibility index (Phi) is 8.23. The van der Waals surface area contributed by atoms with Crippen molar-refractivity contribution in [3.8, 4) is 89.8 Å². The number of fused-ring (bicyclic) bond motifs is 3. The lowest BCUT2D eigenvalue weighted by atomic mass is 9.93. The van der Waals surface area contributed by atoms with Crippen molar-refractivity contribution in [1.82, 2.24) is 15.0 Å². The van der Waals surface area contributed by atoms with Gasteiger partial charge in [0.1, 0.15) is 0 Å². The Hall–Kier alpha value is -7.23. The zero-order valence-corrected chi connectivity index (χ0v) is 30.1. The van der Waals surface area contributed by atoms with Crippen LogP contribution in [0, 0.1) is 0 Å². The van der Waals surface area contributed by atoms with Crippen molar-refractivity contribution < 1.29 is 0 Å². The zero-order chi connectivity index (χ0) is 36.6. The molecule has 1 aromatic heterocycles. The Morgan fingerprint density at radius 3 is 1.16 bits per heavy atom. The second kappa shape index (κ2) is 14.0. The summed E-state index contributed by atoms with van der Waals surface area (Å²) in [7, 11) is 0. The molecule has 0 amide bonds. The van der Waals surface area contributed by atoms with Crippen LogP contribution in [0.2, 0.25) is 0 Å². The van der Waals surface area contributed by atoms with E-state index in [1.54, 1.807) is 0 Å². The second-order valence-corrected chi connectivity index (χ2v) is 14.0. The quantitative estimate of drug-likeness (QED) is 0.166. The lowest BCUT2D eigenvalue weighted by Crippen LogP contribution is -2.00. The molecule has 0 aliphatic heterocycles. The van der Waals surface area contributed by atoms with Crippen LogP contribution in [0.15, 0.2) is 200 Å². The van der Waals surface area contributed by atoms with Gasteiger partial charge in [-0.25, -0.2) is 15.0 Å². The fourth-order valence-electron chi connectivity index (χ4n) is 7.89. The van der Waals surface area contributed by atoms with E-state index >= 15 is 0 Å². The van der Waals surface area contributed by atoms with Crippen LogP contribution in [0.1, 0.15) is 11.1 Å². The van der Waals surface area contributed by atoms with Gasteiger partial charge in [-0.2, -0.15) is 0 Å². The Balaban J connectivity index is 0.986. The first-order chi connectivity index (χ1) is 27.2. The maximum absolute atomic E-state index is 5.04. The summed E-state index contributed by atoms with van der Waals surface area (Å²) >= 11 is 0. The van der Waals surface area contributed by atoms with E-state index in [4.69, 9.17) is 15.0 Å². The number of benzene rings is 8. The van der Waals surface area contributed by atoms with E-state index in [9.17, 15) is 0 Å². The van der Waals surface area contributed by atoms with E-state index in [2.05, 4.69) is 164 Å². The highest BCUT2D eigenvalue weighted by Gasteiger charge is 2.24. The van der Waals surface area contributed by atoms with E-state index in [0.29, 0.717) is 17.5 Å². The monoisotopic (exact) mass is 701 g/mol. The molecule has 3 nitrogen and oxygen atoms in total. The fourth-order valence-corrected chi connectivity index (χ4v) is 7.89. The minimum Gasteiger partial charge on any atom is -0.208 e. The third-order valence-electron chi connectivity index (χ3n) is 10.6. The normalized spacial score (nSPS) is 11.6. The lowest BCUT2D eigenvalue weighted by Gasteiger charge is -2.12. The second-order valence-electron chi connectivity index (χ2n) is 14.0. The molecule has 1 aliphatic rings. The largest absolute Gasteiger partial charge is 0.208 e. The average Bonchev–Trinajstić information content (AvgIpc) is 3.67. The van der Waals surface area contributed by atoms with Gasteiger partial charge in [-0.1, -0.05) is 188 Å². The molecule has 10 rings (SSSR count). The van der Waals surface area contributed by atoms with Gasteiger partial charge in [-0.15, -0.1) is 0 Å². The van der Waals surface area contributed by atoms with Crippen molar-refractivity contribution in [2.45, 2.75) is 6.42 Å². The molecule has 1 aliphatic carbocycles. The fraction of sp³-hybridized carbons (Fsp3) is 0.0192. The third-order valence-corrected chi connectivity index (χ3v) is 10.6. The molecule has 0 saturated heterocycles. The molecule has 0 unspecified atom stereocenters. The lowest BCUT2D eigenvalue weighted by molar-refractivity contribution is 1.07. The highest BCUT2D eigenvalue weighted by atomic mass is 15.0. The van der Waals surface area contributed by atoms with Crippen LogP contribution in [0.4, 0.5) is 0 Å². The highest BCUT2D eigenvalue weighted by Crippen LogP contribution is 2.45. The van der Waals surface area contributed by atoms with E-state index < -0.39 is 0 Å². The molecule has 258 valence electrons. The van der Waals surface area contributed by atoms with E-state index in [0.717, 1.165) is 39.8 Å². The molecule has 0 atom stereocenters. The Morgan fingerprint density at radius 2 is 0.582 bits per heavy atom. The molecular weight excluding hydrogens is 667 g/mol. The average molecular weight is 702 g/mol. The molecule has 0 N–H and O–H groups in total. The van der Waals surface area contributed by atoms with Crippen LogP contribution in [0.25, 0.3) is 89.8 Å². The molecular formula is C52H35N3. The number of nitrogens with zero attached hydrogens (tertiary/aromatic N) is 3. The van der Waals surface area contributed by atoms with Crippen LogP contribution >= 0.6 is 0 Å². The number of aromatic nitrogens is 3.